The van der Waals surface area contributed by atoms with Crippen LogP contribution in [0.15, 0.2) is 61.2 Å². The van der Waals surface area contributed by atoms with Crippen molar-refractivity contribution < 1.29 is 19.2 Å². The Morgan fingerprint density at radius 3 is 2.18 bits per heavy atom. The molecule has 34 heavy (non-hydrogen) atoms. The molecule has 2 atom stereocenters. The summed E-state index contributed by atoms with van der Waals surface area (Å²) in [6.45, 7) is 8.63. The van der Waals surface area contributed by atoms with E-state index >= 15 is 0 Å². The Kier molecular flexibility index (Phi) is 8.80. The number of rotatable bonds is 7. The van der Waals surface area contributed by atoms with E-state index in [2.05, 4.69) is 28.1 Å². The Bertz CT molecular complexity index is 1080. The highest BCUT2D eigenvalue weighted by Gasteiger charge is 2.35. The minimum Gasteiger partial charge on any atom is -0.398 e. The van der Waals surface area contributed by atoms with Crippen molar-refractivity contribution in [2.24, 2.45) is 5.41 Å². The average molecular weight is 486 g/mol. The Hall–Kier alpha value is -3.85. The third kappa shape index (κ3) is 7.08. The number of nitrogen functional groups attached to an aromatic ring is 1. The molecule has 9 nitrogen and oxygen atoms in total. The summed E-state index contributed by atoms with van der Waals surface area (Å²) in [5.41, 5.74) is 10.4. The van der Waals surface area contributed by atoms with E-state index in [9.17, 15) is 19.2 Å². The van der Waals surface area contributed by atoms with Crippen LogP contribution in [0.5, 0.6) is 0 Å². The van der Waals surface area contributed by atoms with E-state index in [0.717, 1.165) is 6.08 Å². The molecule has 10 heteroatoms. The third-order valence-corrected chi connectivity index (χ3v) is 5.17. The number of carbonyl (C=O) groups is 4. The smallest absolute Gasteiger partial charge is 0.265 e. The monoisotopic (exact) mass is 485 g/mol. The average Bonchev–Trinajstić information content (AvgIpc) is 2.80. The van der Waals surface area contributed by atoms with Gasteiger partial charge in [0.25, 0.3) is 17.7 Å². The number of hydrazine groups is 1. The van der Waals surface area contributed by atoms with E-state index in [1.807, 2.05) is 0 Å². The zero-order valence-electron chi connectivity index (χ0n) is 19.1. The normalized spacial score (nSPS) is 12.6. The Balaban J connectivity index is 2.28. The fourth-order valence-electron chi connectivity index (χ4n) is 2.98. The van der Waals surface area contributed by atoms with Crippen molar-refractivity contribution in [3.8, 4) is 0 Å². The third-order valence-electron chi connectivity index (χ3n) is 4.84. The van der Waals surface area contributed by atoms with Crippen molar-refractivity contribution in [1.29, 1.82) is 0 Å². The van der Waals surface area contributed by atoms with Gasteiger partial charge >= 0.3 is 0 Å². The van der Waals surface area contributed by atoms with Crippen molar-refractivity contribution in [1.82, 2.24) is 21.5 Å². The van der Waals surface area contributed by atoms with E-state index in [-0.39, 0.29) is 10.6 Å². The van der Waals surface area contributed by atoms with Crippen LogP contribution in [0, 0.1) is 5.41 Å². The molecule has 0 aliphatic heterocycles. The van der Waals surface area contributed by atoms with Gasteiger partial charge in [-0.05, 0) is 35.3 Å². The van der Waals surface area contributed by atoms with Gasteiger partial charge in [-0.2, -0.15) is 0 Å². The van der Waals surface area contributed by atoms with E-state index < -0.39 is 41.1 Å². The maximum Gasteiger partial charge on any atom is 0.265 e. The summed E-state index contributed by atoms with van der Waals surface area (Å²) >= 11 is 6.02. The number of nitrogens with two attached hydrogens (primary N) is 1. The first kappa shape index (κ1) is 26.4. The molecule has 2 aromatic carbocycles. The predicted octanol–water partition coefficient (Wildman–Crippen LogP) is 2.26. The largest absolute Gasteiger partial charge is 0.398 e. The molecule has 0 spiro atoms. The molecule has 6 N–H and O–H groups in total. The van der Waals surface area contributed by atoms with Crippen molar-refractivity contribution in [3.63, 3.8) is 0 Å². The minimum atomic E-state index is -1.15. The summed E-state index contributed by atoms with van der Waals surface area (Å²) in [4.78, 5) is 50.4. The molecule has 0 aromatic heterocycles. The Morgan fingerprint density at radius 2 is 1.62 bits per heavy atom. The lowest BCUT2D eigenvalue weighted by Crippen LogP contribution is -2.56. The number of halogens is 1. The van der Waals surface area contributed by atoms with E-state index in [0.29, 0.717) is 11.3 Å². The van der Waals surface area contributed by atoms with Crippen molar-refractivity contribution in [2.75, 3.05) is 5.73 Å². The molecule has 180 valence electrons. The summed E-state index contributed by atoms with van der Waals surface area (Å²) in [7, 11) is 0. The Labute approximate surface area is 203 Å². The summed E-state index contributed by atoms with van der Waals surface area (Å²) in [6, 6.07) is 10.7. The number of carbonyl (C=O) groups excluding carboxylic acids is 4. The number of benzene rings is 2. The summed E-state index contributed by atoms with van der Waals surface area (Å²) in [5, 5.41) is 5.59. The van der Waals surface area contributed by atoms with Crippen LogP contribution in [-0.4, -0.2) is 29.7 Å². The number of amides is 4. The van der Waals surface area contributed by atoms with Crippen LogP contribution >= 0.6 is 11.6 Å². The second kappa shape index (κ2) is 11.3. The van der Waals surface area contributed by atoms with Crippen LogP contribution < -0.4 is 27.2 Å². The molecule has 0 saturated heterocycles. The van der Waals surface area contributed by atoms with E-state index in [1.165, 1.54) is 18.2 Å². The van der Waals surface area contributed by atoms with Crippen LogP contribution in [0.2, 0.25) is 5.02 Å². The van der Waals surface area contributed by atoms with Gasteiger partial charge in [0, 0.05) is 5.56 Å². The number of nitrogens with one attached hydrogen (secondary N) is 4. The quantitative estimate of drug-likeness (QED) is 0.232. The zero-order chi connectivity index (χ0) is 25.5. The maximum atomic E-state index is 13.3. The second-order valence-corrected chi connectivity index (χ2v) is 8.95. The van der Waals surface area contributed by atoms with Crippen LogP contribution in [0.25, 0.3) is 0 Å². The fourth-order valence-corrected chi connectivity index (χ4v) is 3.16. The van der Waals surface area contributed by atoms with E-state index in [1.54, 1.807) is 51.1 Å². The molecule has 0 bridgehead atoms. The van der Waals surface area contributed by atoms with Crippen molar-refractivity contribution >= 4 is 40.9 Å². The van der Waals surface area contributed by atoms with Gasteiger partial charge in [0.05, 0.1) is 10.7 Å². The summed E-state index contributed by atoms with van der Waals surface area (Å²) < 4.78 is 0. The van der Waals surface area contributed by atoms with Gasteiger partial charge < -0.3 is 16.4 Å². The molecule has 0 aliphatic carbocycles. The first-order valence-electron chi connectivity index (χ1n) is 10.4. The molecule has 0 fully saturated rings. The summed E-state index contributed by atoms with van der Waals surface area (Å²) in [5.74, 6) is -2.43. The number of hydrogen-bond donors (Lipinski definition) is 5. The van der Waals surface area contributed by atoms with Crippen LogP contribution in [0.3, 0.4) is 0 Å². The molecular weight excluding hydrogens is 458 g/mol. The first-order valence-corrected chi connectivity index (χ1v) is 10.7. The zero-order valence-corrected chi connectivity index (χ0v) is 19.9. The van der Waals surface area contributed by atoms with Crippen molar-refractivity contribution in [2.45, 2.75) is 32.9 Å². The highest BCUT2D eigenvalue weighted by atomic mass is 35.5. The minimum absolute atomic E-state index is 0.215. The highest BCUT2D eigenvalue weighted by Crippen LogP contribution is 2.23. The molecule has 0 saturated carbocycles. The number of anilines is 1. The van der Waals surface area contributed by atoms with Crippen LogP contribution in [0.4, 0.5) is 5.69 Å². The standard InChI is InChI=1S/C24H28ClN5O4/c1-5-18(31)29-30-22(33)19(14-9-7-6-8-10-14)27-23(34)20(24(2,3)4)28-21(32)15-11-12-17(26)16(25)13-15/h5-13,19-20H,1,26H2,2-4H3,(H,27,34)(H,28,32)(H,29,31)(H,30,33). The molecule has 2 rings (SSSR count). The topological polar surface area (TPSA) is 142 Å². The van der Waals surface area contributed by atoms with Crippen LogP contribution in [0.1, 0.15) is 42.7 Å². The first-order chi connectivity index (χ1) is 15.9. The molecule has 4 amide bonds. The maximum absolute atomic E-state index is 13.3. The van der Waals surface area contributed by atoms with Gasteiger partial charge in [0.15, 0.2) is 0 Å². The van der Waals surface area contributed by atoms with Gasteiger partial charge in [0.1, 0.15) is 12.1 Å². The van der Waals surface area contributed by atoms with Crippen molar-refractivity contribution in [3.05, 3.63) is 77.3 Å². The highest BCUT2D eigenvalue weighted by molar-refractivity contribution is 6.33. The van der Waals surface area contributed by atoms with Gasteiger partial charge in [-0.3, -0.25) is 30.0 Å². The molecule has 0 radical (unpaired) electrons. The lowest BCUT2D eigenvalue weighted by molar-refractivity contribution is -0.133. The molecular formula is C24H28ClN5O4. The van der Waals surface area contributed by atoms with Gasteiger partial charge in [0.2, 0.25) is 5.91 Å². The SMILES string of the molecule is C=CC(=O)NNC(=O)C(NC(=O)C(NC(=O)c1ccc(N)c(Cl)c1)C(C)(C)C)c1ccccc1. The van der Waals surface area contributed by atoms with Gasteiger partial charge in [-0.15, -0.1) is 0 Å². The van der Waals surface area contributed by atoms with E-state index in [4.69, 9.17) is 17.3 Å². The Morgan fingerprint density at radius 1 is 0.971 bits per heavy atom. The van der Waals surface area contributed by atoms with Gasteiger partial charge in [-0.25, -0.2) is 0 Å². The summed E-state index contributed by atoms with van der Waals surface area (Å²) in [6.07, 6.45) is 0.991. The predicted molar refractivity (Wildman–Crippen MR) is 130 cm³/mol. The number of hydrogen-bond acceptors (Lipinski definition) is 5. The van der Waals surface area contributed by atoms with Crippen LogP contribution in [-0.2, 0) is 14.4 Å². The second-order valence-electron chi connectivity index (χ2n) is 8.54. The lowest BCUT2D eigenvalue weighted by Gasteiger charge is -2.32. The van der Waals surface area contributed by atoms with Gasteiger partial charge in [-0.1, -0.05) is 69.3 Å². The lowest BCUT2D eigenvalue weighted by atomic mass is 9.85. The molecule has 0 aliphatic rings. The molecule has 2 aromatic rings. The molecule has 0 heterocycles. The molecule has 2 unspecified atom stereocenters. The fraction of sp³-hybridized carbons (Fsp3) is 0.250.